The molecule has 0 heterocycles. The molecule has 0 bridgehead atoms. The quantitative estimate of drug-likeness (QED) is 0.468. The Kier molecular flexibility index (Phi) is 2.89. The van der Waals surface area contributed by atoms with Crippen LogP contribution in [0.15, 0.2) is 12.1 Å². The first-order chi connectivity index (χ1) is 7.94. The Balaban J connectivity index is 2.37. The minimum atomic E-state index is -0.755. The third-order valence-electron chi connectivity index (χ3n) is 3.51. The lowest BCUT2D eigenvalue weighted by molar-refractivity contribution is 0.0958. The van der Waals surface area contributed by atoms with Gasteiger partial charge in [0, 0.05) is 11.1 Å². The van der Waals surface area contributed by atoms with E-state index in [0.717, 1.165) is 0 Å². The summed E-state index contributed by atoms with van der Waals surface area (Å²) in [5.41, 5.74) is 5.86. The van der Waals surface area contributed by atoms with Crippen molar-refractivity contribution in [3.05, 3.63) is 17.7 Å². The van der Waals surface area contributed by atoms with Crippen LogP contribution < -0.4 is 5.73 Å². The molecular formula is C12H17NO4. The van der Waals surface area contributed by atoms with Crippen molar-refractivity contribution in [3.8, 4) is 17.2 Å². The molecule has 0 atom stereocenters. The van der Waals surface area contributed by atoms with Crippen LogP contribution in [0.3, 0.4) is 0 Å². The molecular weight excluding hydrogens is 222 g/mol. The van der Waals surface area contributed by atoms with Gasteiger partial charge in [-0.1, -0.05) is 0 Å². The van der Waals surface area contributed by atoms with Crippen molar-refractivity contribution in [2.24, 2.45) is 5.73 Å². The molecule has 5 heteroatoms. The normalized spacial score (nSPS) is 29.2. The third-order valence-corrected chi connectivity index (χ3v) is 3.51. The third kappa shape index (κ3) is 2.03. The van der Waals surface area contributed by atoms with Gasteiger partial charge >= 0.3 is 0 Å². The average Bonchev–Trinajstić information content (AvgIpc) is 2.30. The highest BCUT2D eigenvalue weighted by Crippen LogP contribution is 2.45. The van der Waals surface area contributed by atoms with Crippen molar-refractivity contribution < 1.29 is 20.4 Å². The number of hydrogen-bond donors (Lipinski definition) is 5. The van der Waals surface area contributed by atoms with E-state index in [4.69, 9.17) is 5.73 Å². The molecule has 0 unspecified atom stereocenters. The summed E-state index contributed by atoms with van der Waals surface area (Å²) in [6, 6.07) is 2.83. The molecule has 0 radical (unpaired) electrons. The summed E-state index contributed by atoms with van der Waals surface area (Å²) >= 11 is 0. The zero-order chi connectivity index (χ0) is 12.6. The van der Waals surface area contributed by atoms with Crippen LogP contribution >= 0.6 is 0 Å². The molecule has 0 aliphatic heterocycles. The van der Waals surface area contributed by atoms with Gasteiger partial charge in [-0.25, -0.2) is 0 Å². The summed E-state index contributed by atoms with van der Waals surface area (Å²) < 4.78 is 0. The maximum atomic E-state index is 9.81. The molecule has 17 heavy (non-hydrogen) atoms. The highest BCUT2D eigenvalue weighted by atomic mass is 16.3. The van der Waals surface area contributed by atoms with Crippen LogP contribution in [0.4, 0.5) is 0 Å². The van der Waals surface area contributed by atoms with Crippen molar-refractivity contribution in [2.45, 2.75) is 37.3 Å². The van der Waals surface area contributed by atoms with Crippen molar-refractivity contribution >= 4 is 0 Å². The number of hydrogen-bond acceptors (Lipinski definition) is 5. The van der Waals surface area contributed by atoms with Crippen molar-refractivity contribution in [3.63, 3.8) is 0 Å². The zero-order valence-electron chi connectivity index (χ0n) is 9.43. The standard InChI is InChI=1S/C12H17NO4/c13-12(5-3-7(14)4-6-12)8-1-2-9(15)11(17)10(8)16/h1-2,7,14-17H,3-6,13H2. The van der Waals surface area contributed by atoms with Crippen LogP contribution in [0, 0.1) is 0 Å². The lowest BCUT2D eigenvalue weighted by atomic mass is 9.76. The van der Waals surface area contributed by atoms with E-state index < -0.39 is 11.3 Å². The van der Waals surface area contributed by atoms with Gasteiger partial charge in [-0.3, -0.25) is 0 Å². The van der Waals surface area contributed by atoms with E-state index in [9.17, 15) is 20.4 Å². The second-order valence-electron chi connectivity index (χ2n) is 4.72. The number of nitrogens with two attached hydrogens (primary N) is 1. The topological polar surface area (TPSA) is 107 Å². The van der Waals surface area contributed by atoms with Crippen molar-refractivity contribution in [1.29, 1.82) is 0 Å². The minimum absolute atomic E-state index is 0.348. The summed E-state index contributed by atoms with van der Waals surface area (Å²) in [6.45, 7) is 0. The SMILES string of the molecule is NC1(c2ccc(O)c(O)c2O)CCC(O)CC1. The van der Waals surface area contributed by atoms with Crippen molar-refractivity contribution in [2.75, 3.05) is 0 Å². The Morgan fingerprint density at radius 1 is 1.06 bits per heavy atom. The number of phenols is 3. The molecule has 0 saturated heterocycles. The Hall–Kier alpha value is -1.46. The van der Waals surface area contributed by atoms with Crippen LogP contribution in [0.5, 0.6) is 17.2 Å². The first-order valence-corrected chi connectivity index (χ1v) is 5.65. The summed E-state index contributed by atoms with van der Waals surface area (Å²) in [4.78, 5) is 0. The number of aromatic hydroxyl groups is 3. The highest BCUT2D eigenvalue weighted by Gasteiger charge is 2.35. The van der Waals surface area contributed by atoms with Gasteiger partial charge in [0.05, 0.1) is 6.10 Å². The van der Waals surface area contributed by atoms with Gasteiger partial charge in [-0.15, -0.1) is 0 Å². The molecule has 1 aliphatic carbocycles. The summed E-state index contributed by atoms with van der Waals surface area (Å²) in [5.74, 6) is -1.28. The van der Waals surface area contributed by atoms with Gasteiger partial charge in [0.25, 0.3) is 0 Å². The summed E-state index contributed by atoms with van der Waals surface area (Å²) in [7, 11) is 0. The fourth-order valence-corrected chi connectivity index (χ4v) is 2.36. The molecule has 0 spiro atoms. The van der Waals surface area contributed by atoms with E-state index in [0.29, 0.717) is 31.2 Å². The van der Waals surface area contributed by atoms with Gasteiger partial charge in [0.2, 0.25) is 5.75 Å². The van der Waals surface area contributed by atoms with Crippen LogP contribution in [0.25, 0.3) is 0 Å². The fourth-order valence-electron chi connectivity index (χ4n) is 2.36. The predicted octanol–water partition coefficient (Wildman–Crippen LogP) is 0.892. The van der Waals surface area contributed by atoms with Gasteiger partial charge in [0.1, 0.15) is 0 Å². The summed E-state index contributed by atoms with van der Waals surface area (Å²) in [6.07, 6.45) is 1.85. The Morgan fingerprint density at radius 2 is 1.65 bits per heavy atom. The van der Waals surface area contributed by atoms with E-state index >= 15 is 0 Å². The average molecular weight is 239 g/mol. The predicted molar refractivity (Wildman–Crippen MR) is 61.8 cm³/mol. The number of aliphatic hydroxyl groups is 1. The molecule has 2 rings (SSSR count). The monoisotopic (exact) mass is 239 g/mol. The molecule has 1 aromatic carbocycles. The fraction of sp³-hybridized carbons (Fsp3) is 0.500. The van der Waals surface area contributed by atoms with Gasteiger partial charge < -0.3 is 26.2 Å². The zero-order valence-corrected chi connectivity index (χ0v) is 9.43. The molecule has 1 fully saturated rings. The van der Waals surface area contributed by atoms with Crippen molar-refractivity contribution in [1.82, 2.24) is 0 Å². The van der Waals surface area contributed by atoms with E-state index in [1.54, 1.807) is 0 Å². The molecule has 5 nitrogen and oxygen atoms in total. The lowest BCUT2D eigenvalue weighted by Crippen LogP contribution is -2.41. The van der Waals surface area contributed by atoms with Crippen LogP contribution in [0.2, 0.25) is 0 Å². The van der Waals surface area contributed by atoms with Crippen LogP contribution in [0.1, 0.15) is 31.2 Å². The largest absolute Gasteiger partial charge is 0.504 e. The maximum absolute atomic E-state index is 9.81. The van der Waals surface area contributed by atoms with Gasteiger partial charge in [-0.2, -0.15) is 0 Å². The maximum Gasteiger partial charge on any atom is 0.200 e. The molecule has 1 saturated carbocycles. The van der Waals surface area contributed by atoms with Crippen LogP contribution in [-0.2, 0) is 5.54 Å². The number of aliphatic hydroxyl groups excluding tert-OH is 1. The molecule has 1 aliphatic rings. The number of rotatable bonds is 1. The number of benzene rings is 1. The van der Waals surface area contributed by atoms with Gasteiger partial charge in [-0.05, 0) is 37.8 Å². The summed E-state index contributed by atoms with van der Waals surface area (Å²) in [5, 5.41) is 38.0. The molecule has 94 valence electrons. The smallest absolute Gasteiger partial charge is 0.200 e. The minimum Gasteiger partial charge on any atom is -0.504 e. The first kappa shape index (κ1) is 12.0. The van der Waals surface area contributed by atoms with E-state index in [2.05, 4.69) is 0 Å². The van der Waals surface area contributed by atoms with E-state index in [1.165, 1.54) is 12.1 Å². The van der Waals surface area contributed by atoms with Crippen LogP contribution in [-0.4, -0.2) is 26.5 Å². The first-order valence-electron chi connectivity index (χ1n) is 5.65. The Morgan fingerprint density at radius 3 is 2.24 bits per heavy atom. The molecule has 6 N–H and O–H groups in total. The highest BCUT2D eigenvalue weighted by molar-refractivity contribution is 5.55. The van der Waals surface area contributed by atoms with E-state index in [-0.39, 0.29) is 17.6 Å². The molecule has 0 amide bonds. The number of phenolic OH excluding ortho intramolecular Hbond substituents is 3. The molecule has 0 aromatic heterocycles. The van der Waals surface area contributed by atoms with E-state index in [1.807, 2.05) is 0 Å². The lowest BCUT2D eigenvalue weighted by Gasteiger charge is -2.36. The second kappa shape index (κ2) is 4.09. The Labute approximate surface area is 99.1 Å². The second-order valence-corrected chi connectivity index (χ2v) is 4.72. The van der Waals surface area contributed by atoms with Gasteiger partial charge in [0.15, 0.2) is 11.5 Å². The Bertz CT molecular complexity index is 425. The molecule has 1 aromatic rings.